The van der Waals surface area contributed by atoms with E-state index in [1.807, 2.05) is 24.0 Å². The van der Waals surface area contributed by atoms with E-state index in [1.54, 1.807) is 11.3 Å². The summed E-state index contributed by atoms with van der Waals surface area (Å²) >= 11 is 1.55. The number of nitrogens with one attached hydrogen (secondary N) is 1. The summed E-state index contributed by atoms with van der Waals surface area (Å²) in [6.45, 7) is 2.83. The SMILES string of the molecule is C[C@H]1[C@H](O)CN1c1nc2c(c(-c3ccc(CNS(C)(=O)=O)s3)n1)CCC2. The summed E-state index contributed by atoms with van der Waals surface area (Å²) in [6.07, 6.45) is 3.83. The summed E-state index contributed by atoms with van der Waals surface area (Å²) in [7, 11) is -3.21. The topological polar surface area (TPSA) is 95.4 Å². The quantitative estimate of drug-likeness (QED) is 0.794. The zero-order valence-electron chi connectivity index (χ0n) is 14.8. The predicted molar refractivity (Wildman–Crippen MR) is 102 cm³/mol. The second kappa shape index (κ2) is 6.56. The Balaban J connectivity index is 1.66. The largest absolute Gasteiger partial charge is 0.389 e. The molecule has 0 amide bonds. The number of aryl methyl sites for hydroxylation is 1. The van der Waals surface area contributed by atoms with Gasteiger partial charge in [-0.2, -0.15) is 0 Å². The first-order valence-corrected chi connectivity index (χ1v) is 11.4. The molecule has 26 heavy (non-hydrogen) atoms. The zero-order chi connectivity index (χ0) is 18.5. The maximum atomic E-state index is 11.3. The Morgan fingerprint density at radius 3 is 2.85 bits per heavy atom. The van der Waals surface area contributed by atoms with Crippen LogP contribution >= 0.6 is 11.3 Å². The maximum absolute atomic E-state index is 11.3. The normalized spacial score (nSPS) is 22.3. The molecule has 0 radical (unpaired) electrons. The molecule has 4 rings (SSSR count). The van der Waals surface area contributed by atoms with Gasteiger partial charge in [0.05, 0.1) is 29.0 Å². The molecule has 3 heterocycles. The van der Waals surface area contributed by atoms with Gasteiger partial charge in [0.15, 0.2) is 0 Å². The van der Waals surface area contributed by atoms with Crippen LogP contribution in [0.1, 0.15) is 29.5 Å². The minimum Gasteiger partial charge on any atom is -0.389 e. The van der Waals surface area contributed by atoms with Gasteiger partial charge in [0.2, 0.25) is 16.0 Å². The minimum atomic E-state index is -3.21. The number of aromatic nitrogens is 2. The number of sulfonamides is 1. The molecule has 7 nitrogen and oxygen atoms in total. The second-order valence-corrected chi connectivity index (χ2v) is 9.97. The second-order valence-electron chi connectivity index (χ2n) is 6.97. The molecule has 0 saturated carbocycles. The first-order valence-electron chi connectivity index (χ1n) is 8.70. The molecular formula is C17H22N4O3S2. The third kappa shape index (κ3) is 3.36. The van der Waals surface area contributed by atoms with Crippen LogP contribution < -0.4 is 9.62 Å². The van der Waals surface area contributed by atoms with Gasteiger partial charge in [0.1, 0.15) is 0 Å². The molecule has 2 atom stereocenters. The Bertz CT molecular complexity index is 941. The van der Waals surface area contributed by atoms with E-state index >= 15 is 0 Å². The molecule has 140 valence electrons. The lowest BCUT2D eigenvalue weighted by molar-refractivity contribution is 0.0979. The summed E-state index contributed by atoms with van der Waals surface area (Å²) in [5, 5.41) is 9.80. The number of nitrogens with zero attached hydrogens (tertiary/aromatic N) is 3. The molecular weight excluding hydrogens is 372 g/mol. The average Bonchev–Trinajstić information content (AvgIpc) is 3.24. The van der Waals surface area contributed by atoms with Crippen molar-refractivity contribution in [2.24, 2.45) is 0 Å². The lowest BCUT2D eigenvalue weighted by Crippen LogP contribution is -2.59. The molecule has 0 bridgehead atoms. The Morgan fingerprint density at radius 2 is 2.15 bits per heavy atom. The van der Waals surface area contributed by atoms with Gasteiger partial charge in [-0.15, -0.1) is 11.3 Å². The van der Waals surface area contributed by atoms with E-state index in [0.29, 0.717) is 19.0 Å². The smallest absolute Gasteiger partial charge is 0.226 e. The lowest BCUT2D eigenvalue weighted by Gasteiger charge is -2.43. The molecule has 0 unspecified atom stereocenters. The number of fused-ring (bicyclic) bond motifs is 1. The highest BCUT2D eigenvalue weighted by Gasteiger charge is 2.36. The van der Waals surface area contributed by atoms with Crippen molar-refractivity contribution in [3.8, 4) is 10.6 Å². The van der Waals surface area contributed by atoms with E-state index in [-0.39, 0.29) is 12.1 Å². The van der Waals surface area contributed by atoms with Crippen LogP contribution in [0.3, 0.4) is 0 Å². The van der Waals surface area contributed by atoms with Crippen molar-refractivity contribution in [3.63, 3.8) is 0 Å². The predicted octanol–water partition coefficient (Wildman–Crippen LogP) is 1.31. The molecule has 2 N–H and O–H groups in total. The summed E-state index contributed by atoms with van der Waals surface area (Å²) < 4.78 is 25.1. The monoisotopic (exact) mass is 394 g/mol. The van der Waals surface area contributed by atoms with Gasteiger partial charge in [-0.05, 0) is 38.3 Å². The number of anilines is 1. The molecule has 2 aromatic rings. The van der Waals surface area contributed by atoms with E-state index in [0.717, 1.165) is 46.7 Å². The third-order valence-electron chi connectivity index (χ3n) is 5.01. The highest BCUT2D eigenvalue weighted by Crippen LogP contribution is 2.36. The van der Waals surface area contributed by atoms with Gasteiger partial charge in [-0.3, -0.25) is 0 Å². The Labute approximate surface area is 157 Å². The Morgan fingerprint density at radius 1 is 1.35 bits per heavy atom. The fraction of sp³-hybridized carbons (Fsp3) is 0.529. The highest BCUT2D eigenvalue weighted by atomic mass is 32.2. The molecule has 2 aromatic heterocycles. The van der Waals surface area contributed by atoms with Gasteiger partial charge < -0.3 is 10.0 Å². The molecule has 1 fully saturated rings. The van der Waals surface area contributed by atoms with Crippen molar-refractivity contribution >= 4 is 27.3 Å². The lowest BCUT2D eigenvalue weighted by atomic mass is 10.0. The fourth-order valence-electron chi connectivity index (χ4n) is 3.41. The van der Waals surface area contributed by atoms with Crippen LogP contribution in [0.25, 0.3) is 10.6 Å². The third-order valence-corrected chi connectivity index (χ3v) is 6.77. The van der Waals surface area contributed by atoms with Crippen LogP contribution in [0.2, 0.25) is 0 Å². The van der Waals surface area contributed by atoms with Gasteiger partial charge >= 0.3 is 0 Å². The molecule has 1 aliphatic heterocycles. The van der Waals surface area contributed by atoms with E-state index in [2.05, 4.69) is 4.72 Å². The fourth-order valence-corrected chi connectivity index (χ4v) is 4.88. The first kappa shape index (κ1) is 17.8. The molecule has 1 saturated heterocycles. The number of thiophene rings is 1. The Hall–Kier alpha value is -1.55. The highest BCUT2D eigenvalue weighted by molar-refractivity contribution is 7.88. The van der Waals surface area contributed by atoms with Crippen molar-refractivity contribution in [1.82, 2.24) is 14.7 Å². The van der Waals surface area contributed by atoms with Crippen molar-refractivity contribution in [1.29, 1.82) is 0 Å². The summed E-state index contributed by atoms with van der Waals surface area (Å²) in [5.74, 6) is 0.683. The van der Waals surface area contributed by atoms with Crippen LogP contribution in [0.4, 0.5) is 5.95 Å². The molecule has 1 aliphatic carbocycles. The van der Waals surface area contributed by atoms with Gasteiger partial charge in [0, 0.05) is 29.2 Å². The number of aliphatic hydroxyl groups is 1. The van der Waals surface area contributed by atoms with E-state index < -0.39 is 10.0 Å². The van der Waals surface area contributed by atoms with Crippen LogP contribution in [0.15, 0.2) is 12.1 Å². The van der Waals surface area contributed by atoms with E-state index in [1.165, 1.54) is 5.56 Å². The van der Waals surface area contributed by atoms with Crippen molar-refractivity contribution in [2.45, 2.75) is 44.9 Å². The maximum Gasteiger partial charge on any atom is 0.226 e. The summed E-state index contributed by atoms with van der Waals surface area (Å²) in [4.78, 5) is 13.6. The van der Waals surface area contributed by atoms with E-state index in [4.69, 9.17) is 9.97 Å². The summed E-state index contributed by atoms with van der Waals surface area (Å²) in [5.41, 5.74) is 3.25. The Kier molecular flexibility index (Phi) is 4.50. The minimum absolute atomic E-state index is 0.0279. The number of aliphatic hydroxyl groups excluding tert-OH is 1. The van der Waals surface area contributed by atoms with Crippen LogP contribution in [0.5, 0.6) is 0 Å². The molecule has 0 aromatic carbocycles. The van der Waals surface area contributed by atoms with Crippen LogP contribution in [-0.2, 0) is 29.4 Å². The molecule has 9 heteroatoms. The zero-order valence-corrected chi connectivity index (χ0v) is 16.4. The number of hydrogen-bond acceptors (Lipinski definition) is 7. The van der Waals surface area contributed by atoms with E-state index in [9.17, 15) is 13.5 Å². The van der Waals surface area contributed by atoms with Crippen molar-refractivity contribution in [2.75, 3.05) is 17.7 Å². The number of hydrogen-bond donors (Lipinski definition) is 2. The summed E-state index contributed by atoms with van der Waals surface area (Å²) in [6, 6.07) is 3.97. The first-order chi connectivity index (χ1) is 12.3. The standard InChI is InChI=1S/C17H22N4O3S2/c1-10-14(22)9-21(10)17-19-13-5-3-4-12(13)16(20-17)15-7-6-11(25-15)8-18-26(2,23)24/h6-7,10,14,18,22H,3-5,8-9H2,1-2H3/t10-,14+/m0/s1. The van der Waals surface area contributed by atoms with Crippen molar-refractivity contribution in [3.05, 3.63) is 28.3 Å². The van der Waals surface area contributed by atoms with Gasteiger partial charge in [-0.25, -0.2) is 23.1 Å². The average molecular weight is 395 g/mol. The van der Waals surface area contributed by atoms with Gasteiger partial charge in [-0.1, -0.05) is 0 Å². The number of β-amino-alcohol motifs (C(OH)–C–C–N with tert-alkyl or cyclic N) is 1. The van der Waals surface area contributed by atoms with Gasteiger partial charge in [0.25, 0.3) is 0 Å². The van der Waals surface area contributed by atoms with Crippen LogP contribution in [0, 0.1) is 0 Å². The molecule has 2 aliphatic rings. The molecule has 0 spiro atoms. The van der Waals surface area contributed by atoms with Crippen molar-refractivity contribution < 1.29 is 13.5 Å². The number of rotatable bonds is 5. The van der Waals surface area contributed by atoms with Crippen LogP contribution in [-0.4, -0.2) is 48.4 Å².